The van der Waals surface area contributed by atoms with E-state index in [1.54, 1.807) is 0 Å². The second kappa shape index (κ2) is 4.44. The molecule has 0 unspecified atom stereocenters. The fourth-order valence-corrected chi connectivity index (χ4v) is 3.77. The van der Waals surface area contributed by atoms with Crippen molar-refractivity contribution >= 4 is 23.2 Å². The molecule has 0 spiro atoms. The molecule has 0 N–H and O–H groups in total. The van der Waals surface area contributed by atoms with E-state index >= 15 is 0 Å². The lowest BCUT2D eigenvalue weighted by atomic mass is 9.99. The summed E-state index contributed by atoms with van der Waals surface area (Å²) in [6.07, 6.45) is -0.391. The maximum Gasteiger partial charge on any atom is 0.164 e. The third-order valence-corrected chi connectivity index (χ3v) is 4.70. The van der Waals surface area contributed by atoms with E-state index in [1.165, 1.54) is 11.8 Å². The van der Waals surface area contributed by atoms with Gasteiger partial charge in [0.25, 0.3) is 0 Å². The van der Waals surface area contributed by atoms with Crippen molar-refractivity contribution in [2.24, 2.45) is 4.99 Å². The van der Waals surface area contributed by atoms with E-state index in [2.05, 4.69) is 4.99 Å². The number of thioether (sulfide) groups is 1. The molecule has 3 aliphatic rings. The highest BCUT2D eigenvalue weighted by Crippen LogP contribution is 2.44. The van der Waals surface area contributed by atoms with Crippen LogP contribution in [0.5, 0.6) is 0 Å². The predicted octanol–water partition coefficient (Wildman–Crippen LogP) is 0.463. The number of fused-ring (bicyclic) bond motifs is 3. The highest BCUT2D eigenvalue weighted by Gasteiger charge is 2.57. The Hall–Kier alpha value is -0.630. The van der Waals surface area contributed by atoms with Crippen LogP contribution >= 0.6 is 11.8 Å². The summed E-state index contributed by atoms with van der Waals surface area (Å²) in [5.41, 5.74) is -0.175. The van der Waals surface area contributed by atoms with Gasteiger partial charge in [0.05, 0.1) is 0 Å². The first-order valence-electron chi connectivity index (χ1n) is 6.29. The second-order valence-electron chi connectivity index (χ2n) is 5.58. The Morgan fingerprint density at radius 2 is 2.00 bits per heavy atom. The van der Waals surface area contributed by atoms with Gasteiger partial charge in [0.1, 0.15) is 29.8 Å². The zero-order valence-corrected chi connectivity index (χ0v) is 12.2. The Kier molecular flexibility index (Phi) is 3.12. The number of carbonyl (C=O) groups excluding carboxylic acids is 1. The first-order valence-corrected chi connectivity index (χ1v) is 7.17. The van der Waals surface area contributed by atoms with Crippen LogP contribution in [0.4, 0.5) is 0 Å². The maximum absolute atomic E-state index is 11.2. The predicted molar refractivity (Wildman–Crippen MR) is 71.1 cm³/mol. The molecule has 0 saturated carbocycles. The molecule has 106 valence electrons. The lowest BCUT2D eigenvalue weighted by Gasteiger charge is -2.35. The van der Waals surface area contributed by atoms with E-state index in [9.17, 15) is 4.79 Å². The Morgan fingerprint density at radius 3 is 2.63 bits per heavy atom. The van der Waals surface area contributed by atoms with E-state index < -0.39 is 11.9 Å². The Balaban J connectivity index is 1.89. The minimum absolute atomic E-state index is 0.120. The molecular formula is C12H18N2O4S. The van der Waals surface area contributed by atoms with Crippen LogP contribution in [0, 0.1) is 0 Å². The fraction of sp³-hybridized carbons (Fsp3) is 0.833. The van der Waals surface area contributed by atoms with Gasteiger partial charge in [-0.2, -0.15) is 0 Å². The van der Waals surface area contributed by atoms with Gasteiger partial charge in [0.15, 0.2) is 17.2 Å². The number of aliphatic imine (C=N–C) groups is 1. The topological polar surface area (TPSA) is 60.4 Å². The third-order valence-electron chi connectivity index (χ3n) is 3.39. The summed E-state index contributed by atoms with van der Waals surface area (Å²) in [5, 5.41) is 0.897. The standard InChI is InChI=1S/C12H18N2O4S/c1-12(2)17-8-6(5-15)16-10-7(9(8)18-12)13-11(19-10)14(3)4/h5-10H,1-4H3/t6-,7-,8-,9-,10-/m1/s1. The number of nitrogens with zero attached hydrogens (tertiary/aromatic N) is 2. The summed E-state index contributed by atoms with van der Waals surface area (Å²) >= 11 is 1.53. The average molecular weight is 286 g/mol. The molecule has 0 bridgehead atoms. The molecule has 0 aromatic carbocycles. The van der Waals surface area contributed by atoms with Crippen LogP contribution in [-0.2, 0) is 19.0 Å². The largest absolute Gasteiger partial charge is 0.358 e. The van der Waals surface area contributed by atoms with Gasteiger partial charge in [-0.05, 0) is 13.8 Å². The Morgan fingerprint density at radius 1 is 1.32 bits per heavy atom. The van der Waals surface area contributed by atoms with Crippen molar-refractivity contribution in [3.05, 3.63) is 0 Å². The molecule has 7 heteroatoms. The summed E-state index contributed by atoms with van der Waals surface area (Å²) in [5.74, 6) is -0.699. The van der Waals surface area contributed by atoms with Crippen molar-refractivity contribution in [2.75, 3.05) is 14.1 Å². The number of aldehydes is 1. The molecule has 0 aromatic heterocycles. The van der Waals surface area contributed by atoms with Gasteiger partial charge < -0.3 is 23.9 Å². The number of hydrogen-bond acceptors (Lipinski definition) is 7. The Bertz CT molecular complexity index is 426. The van der Waals surface area contributed by atoms with E-state index in [0.717, 1.165) is 11.5 Å². The van der Waals surface area contributed by atoms with Crippen molar-refractivity contribution in [3.8, 4) is 0 Å². The van der Waals surface area contributed by atoms with Crippen molar-refractivity contribution < 1.29 is 19.0 Å². The quantitative estimate of drug-likeness (QED) is 0.653. The molecule has 2 saturated heterocycles. The summed E-state index contributed by atoms with van der Waals surface area (Å²) in [6, 6.07) is -0.120. The molecule has 6 nitrogen and oxygen atoms in total. The van der Waals surface area contributed by atoms with Crippen LogP contribution < -0.4 is 0 Å². The number of hydrogen-bond donors (Lipinski definition) is 0. The molecule has 3 aliphatic heterocycles. The summed E-state index contributed by atoms with van der Waals surface area (Å²) in [6.45, 7) is 3.70. The lowest BCUT2D eigenvalue weighted by molar-refractivity contribution is -0.157. The van der Waals surface area contributed by atoms with Crippen molar-refractivity contribution in [3.63, 3.8) is 0 Å². The average Bonchev–Trinajstić information content (AvgIpc) is 2.87. The van der Waals surface area contributed by atoms with Gasteiger partial charge in [-0.25, -0.2) is 0 Å². The van der Waals surface area contributed by atoms with E-state index in [-0.39, 0.29) is 23.7 Å². The molecule has 3 heterocycles. The third kappa shape index (κ3) is 2.18. The van der Waals surface area contributed by atoms with Gasteiger partial charge >= 0.3 is 0 Å². The van der Waals surface area contributed by atoms with Crippen LogP contribution in [0.15, 0.2) is 4.99 Å². The van der Waals surface area contributed by atoms with Crippen LogP contribution in [-0.4, -0.2) is 66.0 Å². The molecule has 19 heavy (non-hydrogen) atoms. The zero-order chi connectivity index (χ0) is 13.8. The lowest BCUT2D eigenvalue weighted by Crippen LogP contribution is -2.53. The molecular weight excluding hydrogens is 268 g/mol. The minimum atomic E-state index is -0.699. The molecule has 0 amide bonds. The highest BCUT2D eigenvalue weighted by molar-refractivity contribution is 8.14. The van der Waals surface area contributed by atoms with E-state index in [1.807, 2.05) is 32.8 Å². The van der Waals surface area contributed by atoms with Crippen molar-refractivity contribution in [1.82, 2.24) is 4.90 Å². The summed E-state index contributed by atoms with van der Waals surface area (Å²) in [7, 11) is 3.88. The van der Waals surface area contributed by atoms with E-state index in [0.29, 0.717) is 0 Å². The molecule has 3 rings (SSSR count). The number of ether oxygens (including phenoxy) is 3. The molecule has 2 fully saturated rings. The molecule has 0 aliphatic carbocycles. The first-order chi connectivity index (χ1) is 8.91. The summed E-state index contributed by atoms with van der Waals surface area (Å²) in [4.78, 5) is 17.8. The molecule has 0 aromatic rings. The Labute approximate surface area is 116 Å². The number of amidine groups is 1. The van der Waals surface area contributed by atoms with E-state index in [4.69, 9.17) is 14.2 Å². The highest BCUT2D eigenvalue weighted by atomic mass is 32.2. The van der Waals surface area contributed by atoms with Gasteiger partial charge in [-0.15, -0.1) is 0 Å². The van der Waals surface area contributed by atoms with Gasteiger partial charge in [-0.1, -0.05) is 11.8 Å². The van der Waals surface area contributed by atoms with Gasteiger partial charge in [-0.3, -0.25) is 4.99 Å². The van der Waals surface area contributed by atoms with Crippen LogP contribution in [0.1, 0.15) is 13.8 Å². The number of carbonyl (C=O) groups is 1. The SMILES string of the molecule is CN(C)C1=N[C@@H]2[C@H]3OC(C)(C)O[C@@H]3[C@@H](C=O)O[C@@H]2S1. The van der Waals surface area contributed by atoms with Crippen molar-refractivity contribution in [1.29, 1.82) is 0 Å². The van der Waals surface area contributed by atoms with Crippen LogP contribution in [0.2, 0.25) is 0 Å². The van der Waals surface area contributed by atoms with Crippen LogP contribution in [0.3, 0.4) is 0 Å². The minimum Gasteiger partial charge on any atom is -0.358 e. The van der Waals surface area contributed by atoms with Crippen molar-refractivity contribution in [2.45, 2.75) is 49.4 Å². The molecule has 0 radical (unpaired) electrons. The normalized spacial score (nSPS) is 43.4. The maximum atomic E-state index is 11.2. The monoisotopic (exact) mass is 286 g/mol. The fourth-order valence-electron chi connectivity index (χ4n) is 2.63. The van der Waals surface area contributed by atoms with Gasteiger partial charge in [0.2, 0.25) is 0 Å². The number of rotatable bonds is 1. The first kappa shape index (κ1) is 13.4. The smallest absolute Gasteiger partial charge is 0.164 e. The molecule has 5 atom stereocenters. The van der Waals surface area contributed by atoms with Gasteiger partial charge in [0, 0.05) is 14.1 Å². The van der Waals surface area contributed by atoms with Crippen LogP contribution in [0.25, 0.3) is 0 Å². The zero-order valence-electron chi connectivity index (χ0n) is 11.4. The summed E-state index contributed by atoms with van der Waals surface area (Å²) < 4.78 is 17.5. The second-order valence-corrected chi connectivity index (χ2v) is 6.65.